The van der Waals surface area contributed by atoms with Crippen molar-refractivity contribution < 1.29 is 48.4 Å². The number of carbonyl (C=O) groups is 5. The van der Waals surface area contributed by atoms with E-state index in [2.05, 4.69) is 36.3 Å². The second kappa shape index (κ2) is 23.6. The average Bonchev–Trinajstić information content (AvgIpc) is 3.87. The fourth-order valence-corrected chi connectivity index (χ4v) is 11.9. The number of nitrogens with one attached hydrogen (secondary N) is 1. The Labute approximate surface area is 466 Å². The van der Waals surface area contributed by atoms with Gasteiger partial charge in [0.1, 0.15) is 24.2 Å². The average molecular weight is 1110 g/mol. The van der Waals surface area contributed by atoms with Crippen LogP contribution in [0, 0.1) is 24.2 Å². The molecule has 6 aliphatic rings. The molecule has 2 aromatic carbocycles. The summed E-state index contributed by atoms with van der Waals surface area (Å²) in [6.45, 7) is 9.78. The number of cyclic esters (lactones) is 1. The summed E-state index contributed by atoms with van der Waals surface area (Å²) in [5, 5.41) is 40.5. The van der Waals surface area contributed by atoms with Crippen LogP contribution in [-0.2, 0) is 44.4 Å². The summed E-state index contributed by atoms with van der Waals surface area (Å²) in [5.74, 6) is 0.691. The number of carbonyl (C=O) groups excluding carboxylic acids is 4. The fourth-order valence-electron chi connectivity index (χ4n) is 11.7. The zero-order valence-electron chi connectivity index (χ0n) is 45.0. The molecule has 0 radical (unpaired) electrons. The summed E-state index contributed by atoms with van der Waals surface area (Å²) in [6.07, 6.45) is 3.93. The van der Waals surface area contributed by atoms with Crippen molar-refractivity contribution in [1.82, 2.24) is 44.7 Å². The van der Waals surface area contributed by atoms with E-state index in [9.17, 15) is 34.3 Å². The second-order valence-corrected chi connectivity index (χ2v) is 21.7. The zero-order chi connectivity index (χ0) is 56.4. The number of piperidine rings is 1. The predicted molar refractivity (Wildman–Crippen MR) is 292 cm³/mol. The molecule has 0 unspecified atom stereocenters. The normalized spacial score (nSPS) is 21.2. The molecule has 3 N–H and O–H groups in total. The number of hydrogen-bond donors (Lipinski definition) is 3. The van der Waals surface area contributed by atoms with E-state index >= 15 is 0 Å². The molecule has 22 nitrogen and oxygen atoms in total. The minimum absolute atomic E-state index is 0.0194. The van der Waals surface area contributed by atoms with Crippen LogP contribution in [0.15, 0.2) is 53.3 Å². The Morgan fingerprint density at radius 2 is 1.61 bits per heavy atom. The molecule has 8 heterocycles. The van der Waals surface area contributed by atoms with Crippen LogP contribution >= 0.6 is 11.6 Å². The number of pyridine rings is 2. The highest BCUT2D eigenvalue weighted by Crippen LogP contribution is 2.41. The van der Waals surface area contributed by atoms with Crippen molar-refractivity contribution in [3.05, 3.63) is 103 Å². The number of aliphatic hydroxyl groups is 1. The summed E-state index contributed by atoms with van der Waals surface area (Å²) >= 11 is 6.34. The first-order valence-electron chi connectivity index (χ1n) is 27.2. The first-order valence-corrected chi connectivity index (χ1v) is 27.6. The number of benzene rings is 2. The number of likely N-dealkylation sites (N-methyl/N-ethyl adjacent to an activating group) is 1. The fraction of sp³-hybridized carbons (Fsp3) is 0.474. The predicted octanol–water partition coefficient (Wildman–Crippen LogP) is 4.83. The third kappa shape index (κ3) is 11.1. The lowest BCUT2D eigenvalue weighted by atomic mass is 9.86. The Kier molecular flexibility index (Phi) is 16.4. The molecule has 80 heavy (non-hydrogen) atoms. The Hall–Kier alpha value is -7.71. The van der Waals surface area contributed by atoms with Gasteiger partial charge in [0.15, 0.2) is 17.1 Å². The number of ether oxygens (including phenoxy) is 3. The molecule has 0 bridgehead atoms. The number of carboxylic acid groups (broad SMARTS) is 1. The van der Waals surface area contributed by atoms with Crippen molar-refractivity contribution in [3.8, 4) is 29.0 Å². The standard InChI is InChI=1S/C56H62ClN11O9.CH2O2/c1-4-56(74)42-28-45-50-36(30-68(45)53(71)41(42)32-75-54(56)72)27-39-40(47(13-10-43(39)60-50)77-55(73)67-23-19-63(3)20-24-67)31-64-21-25-66(26-22-64)52(70)34-15-17-65(18-16-34)48-14-11-44(61-62-48)51(69)59-37-6-8-38(9-7-37)76-46-12-5-35(29-58)49(57)33(46)2;2-1-3/h5,10-14,27-28,34,37-38,74H,4,6-9,15-26,30-32H2,1-3H3,(H,59,69);1H,(H,2,3)/t37?,38?,56-;/m0./s1. The van der Waals surface area contributed by atoms with E-state index in [-0.39, 0.29) is 78.3 Å². The number of hydrogen-bond acceptors (Lipinski definition) is 17. The maximum Gasteiger partial charge on any atom is 0.415 e. The summed E-state index contributed by atoms with van der Waals surface area (Å²) < 4.78 is 19.3. The molecule has 1 aliphatic carbocycles. The van der Waals surface area contributed by atoms with Crippen LogP contribution in [-0.4, -0.2) is 165 Å². The number of rotatable bonds is 10. The first kappa shape index (κ1) is 55.6. The molecule has 23 heteroatoms. The number of nitriles is 1. The van der Waals surface area contributed by atoms with Crippen LogP contribution in [0.2, 0.25) is 5.02 Å². The highest BCUT2D eigenvalue weighted by Gasteiger charge is 2.45. The molecule has 5 aliphatic heterocycles. The minimum atomic E-state index is -1.94. The van der Waals surface area contributed by atoms with E-state index in [1.54, 1.807) is 46.7 Å². The maximum absolute atomic E-state index is 14.1. The third-order valence-corrected chi connectivity index (χ3v) is 17.1. The van der Waals surface area contributed by atoms with Crippen LogP contribution in [0.1, 0.15) is 95.7 Å². The number of halogens is 1. The molecule has 420 valence electrons. The van der Waals surface area contributed by atoms with Gasteiger partial charge in [-0.05, 0) is 107 Å². The van der Waals surface area contributed by atoms with Gasteiger partial charge >= 0.3 is 12.1 Å². The van der Waals surface area contributed by atoms with Crippen LogP contribution in [0.4, 0.5) is 10.6 Å². The molecule has 0 spiro atoms. The van der Waals surface area contributed by atoms with Crippen LogP contribution in [0.25, 0.3) is 22.3 Å². The zero-order valence-corrected chi connectivity index (χ0v) is 45.7. The second-order valence-electron chi connectivity index (χ2n) is 21.3. The Morgan fingerprint density at radius 3 is 2.29 bits per heavy atom. The lowest BCUT2D eigenvalue weighted by Gasteiger charge is -2.39. The van der Waals surface area contributed by atoms with Crippen LogP contribution < -0.4 is 25.2 Å². The monoisotopic (exact) mass is 1110 g/mol. The van der Waals surface area contributed by atoms with Gasteiger partial charge < -0.3 is 53.9 Å². The quantitative estimate of drug-likeness (QED) is 0.122. The Morgan fingerprint density at radius 1 is 0.912 bits per heavy atom. The van der Waals surface area contributed by atoms with Crippen molar-refractivity contribution in [2.75, 3.05) is 77.4 Å². The van der Waals surface area contributed by atoms with Gasteiger partial charge in [0.2, 0.25) is 5.91 Å². The van der Waals surface area contributed by atoms with Crippen molar-refractivity contribution in [2.45, 2.75) is 96.2 Å². The van der Waals surface area contributed by atoms with Gasteiger partial charge in [-0.2, -0.15) is 5.26 Å². The molecule has 1 atom stereocenters. The highest BCUT2D eigenvalue weighted by atomic mass is 35.5. The van der Waals surface area contributed by atoms with Gasteiger partial charge in [-0.1, -0.05) is 18.5 Å². The van der Waals surface area contributed by atoms with Crippen molar-refractivity contribution in [1.29, 1.82) is 5.26 Å². The number of esters is 1. The van der Waals surface area contributed by atoms with Gasteiger partial charge in [-0.15, -0.1) is 10.2 Å². The lowest BCUT2D eigenvalue weighted by Crippen LogP contribution is -2.51. The topological polar surface area (TPSA) is 266 Å². The van der Waals surface area contributed by atoms with E-state index in [0.717, 1.165) is 60.8 Å². The summed E-state index contributed by atoms with van der Waals surface area (Å²) in [4.78, 5) is 91.3. The first-order chi connectivity index (χ1) is 38.6. The summed E-state index contributed by atoms with van der Waals surface area (Å²) in [6, 6.07) is 16.3. The van der Waals surface area contributed by atoms with E-state index < -0.39 is 17.7 Å². The van der Waals surface area contributed by atoms with Crippen molar-refractivity contribution >= 4 is 58.7 Å². The number of nitrogens with zero attached hydrogens (tertiary/aromatic N) is 10. The van der Waals surface area contributed by atoms with Crippen molar-refractivity contribution in [2.24, 2.45) is 5.92 Å². The summed E-state index contributed by atoms with van der Waals surface area (Å²) in [7, 11) is 2.02. The number of anilines is 1. The van der Waals surface area contributed by atoms with E-state index in [1.807, 2.05) is 37.1 Å². The molecular formula is C57H64ClN11O11. The Balaban J connectivity index is 0.00000235. The lowest BCUT2D eigenvalue weighted by molar-refractivity contribution is -0.172. The molecular weight excluding hydrogens is 1050 g/mol. The molecule has 3 aromatic heterocycles. The smallest absolute Gasteiger partial charge is 0.415 e. The Bertz CT molecular complexity index is 3320. The van der Waals surface area contributed by atoms with Crippen LogP contribution in [0.3, 0.4) is 0 Å². The largest absolute Gasteiger partial charge is 0.490 e. The van der Waals surface area contributed by atoms with E-state index in [1.165, 1.54) is 0 Å². The number of fused-ring (bicyclic) bond motifs is 5. The van der Waals surface area contributed by atoms with Gasteiger partial charge in [-0.3, -0.25) is 24.1 Å². The number of amides is 3. The maximum atomic E-state index is 14.1. The molecule has 1 saturated carbocycles. The van der Waals surface area contributed by atoms with Gasteiger partial charge in [0.05, 0.1) is 45.7 Å². The minimum Gasteiger partial charge on any atom is -0.490 e. The number of piperazine rings is 2. The van der Waals surface area contributed by atoms with E-state index in [4.69, 9.17) is 40.7 Å². The molecule has 3 saturated heterocycles. The highest BCUT2D eigenvalue weighted by molar-refractivity contribution is 6.32. The SMILES string of the molecule is CC[C@@]1(O)C(=O)OCc2c1cc1n(c2=O)Cc2cc3c(CN4CCN(C(=O)C5CCN(c6ccc(C(=O)NC7CCC(Oc8ccc(C#N)c(Cl)c8C)CC7)nn6)CC5)CC4)c(OC(=O)N4CCN(C)CC4)ccc3nc2-1.O=CO. The van der Waals surface area contributed by atoms with Crippen molar-refractivity contribution in [3.63, 3.8) is 0 Å². The molecule has 4 fully saturated rings. The van der Waals surface area contributed by atoms with E-state index in [0.29, 0.717) is 117 Å². The van der Waals surface area contributed by atoms with Crippen LogP contribution in [0.5, 0.6) is 11.5 Å². The molecule has 3 amide bonds. The number of aromatic nitrogens is 4. The van der Waals surface area contributed by atoms with Gasteiger partial charge in [-0.25, -0.2) is 14.6 Å². The van der Waals surface area contributed by atoms with Gasteiger partial charge in [0, 0.05) is 112 Å². The third-order valence-electron chi connectivity index (χ3n) is 16.6. The molecule has 5 aromatic rings. The summed E-state index contributed by atoms with van der Waals surface area (Å²) in [5.41, 5.74) is 2.90. The van der Waals surface area contributed by atoms with Gasteiger partial charge in [0.25, 0.3) is 17.9 Å². The molecule has 11 rings (SSSR count).